The Labute approximate surface area is 275 Å². The number of nitrogens with one attached hydrogen (secondary N) is 3. The second-order valence-electron chi connectivity index (χ2n) is 13.7. The molecule has 2 fully saturated rings. The molecule has 2 saturated heterocycles. The molecular formula is C35H46N6O6. The van der Waals surface area contributed by atoms with Crippen molar-refractivity contribution in [3.63, 3.8) is 0 Å². The lowest BCUT2D eigenvalue weighted by Crippen LogP contribution is -2.62. The Morgan fingerprint density at radius 3 is 2.47 bits per heavy atom. The summed E-state index contributed by atoms with van der Waals surface area (Å²) in [5.41, 5.74) is 4.10. The number of nitrogens with zero attached hydrogens (tertiary/aromatic N) is 3. The summed E-state index contributed by atoms with van der Waals surface area (Å²) >= 11 is 0. The standard InChI is InChI=1S/C35H46N6O6/c1-21(2)30-31(43)37-28(20-29(42)40-16-6-7-17-40)32(44)41-18-8-9-26(39-41)33(45)47-22(3)25-13-12-24-11-10-23(19-27(24)36-25)14-15-35(4,5)34(46)38-30/h10-15,19,21-22,26,28,30,39H,6-9,16-18,20H2,1-5H3,(H,37,43)(H,38,46)/b15-14+/t22-,26+,28+,30+/m1/s1. The number of pyridine rings is 1. The number of hydrogen-bond donors (Lipinski definition) is 3. The maximum atomic E-state index is 14.0. The first-order valence-electron chi connectivity index (χ1n) is 16.6. The summed E-state index contributed by atoms with van der Waals surface area (Å²) in [6, 6.07) is 6.52. The molecule has 5 rings (SSSR count). The van der Waals surface area contributed by atoms with E-state index in [1.165, 1.54) is 5.01 Å². The van der Waals surface area contributed by atoms with Gasteiger partial charge in [0.2, 0.25) is 17.7 Å². The van der Waals surface area contributed by atoms with E-state index in [4.69, 9.17) is 9.72 Å². The van der Waals surface area contributed by atoms with Crippen LogP contribution in [0.4, 0.5) is 0 Å². The van der Waals surface area contributed by atoms with Gasteiger partial charge in [-0.05, 0) is 70.1 Å². The van der Waals surface area contributed by atoms with Crippen molar-refractivity contribution in [2.45, 2.75) is 91.0 Å². The summed E-state index contributed by atoms with van der Waals surface area (Å²) < 4.78 is 5.82. The third-order valence-electron chi connectivity index (χ3n) is 9.15. The Bertz CT molecular complexity index is 1560. The molecule has 2 aromatic rings. The second-order valence-corrected chi connectivity index (χ2v) is 13.7. The molecule has 1 aromatic carbocycles. The van der Waals surface area contributed by atoms with Crippen LogP contribution in [0.5, 0.6) is 0 Å². The van der Waals surface area contributed by atoms with Crippen LogP contribution < -0.4 is 16.1 Å². The zero-order valence-corrected chi connectivity index (χ0v) is 27.9. The number of aromatic nitrogens is 1. The minimum atomic E-state index is -1.21. The molecule has 0 aliphatic carbocycles. The molecule has 4 amide bonds. The monoisotopic (exact) mass is 646 g/mol. The van der Waals surface area contributed by atoms with Crippen LogP contribution in [0.15, 0.2) is 36.4 Å². The zero-order chi connectivity index (χ0) is 33.9. The maximum Gasteiger partial charge on any atom is 0.325 e. The number of fused-ring (bicyclic) bond motifs is 4. The Morgan fingerprint density at radius 2 is 1.74 bits per heavy atom. The van der Waals surface area contributed by atoms with Crippen molar-refractivity contribution in [2.75, 3.05) is 19.6 Å². The summed E-state index contributed by atoms with van der Waals surface area (Å²) in [6.07, 6.45) is 5.43. The smallest absolute Gasteiger partial charge is 0.325 e. The predicted molar refractivity (Wildman–Crippen MR) is 176 cm³/mol. The summed E-state index contributed by atoms with van der Waals surface area (Å²) in [4.78, 5) is 74.4. The zero-order valence-electron chi connectivity index (χ0n) is 27.9. The number of carbonyl (C=O) groups excluding carboxylic acids is 5. The summed E-state index contributed by atoms with van der Waals surface area (Å²) in [5, 5.41) is 7.88. The lowest BCUT2D eigenvalue weighted by atomic mass is 9.89. The van der Waals surface area contributed by atoms with Crippen LogP contribution in [-0.4, -0.2) is 82.3 Å². The number of hydrazine groups is 1. The van der Waals surface area contributed by atoms with Gasteiger partial charge in [-0.3, -0.25) is 29.0 Å². The molecule has 3 aliphatic rings. The van der Waals surface area contributed by atoms with Crippen LogP contribution in [0.1, 0.15) is 84.1 Å². The van der Waals surface area contributed by atoms with Crippen molar-refractivity contribution >= 4 is 46.6 Å². The lowest BCUT2D eigenvalue weighted by Gasteiger charge is -2.36. The molecule has 12 nitrogen and oxygen atoms in total. The largest absolute Gasteiger partial charge is 0.455 e. The molecule has 4 heterocycles. The predicted octanol–water partition coefficient (Wildman–Crippen LogP) is 3.03. The number of amides is 4. The molecule has 3 N–H and O–H groups in total. The molecule has 47 heavy (non-hydrogen) atoms. The van der Waals surface area contributed by atoms with Crippen LogP contribution >= 0.6 is 0 Å². The van der Waals surface area contributed by atoms with Crippen molar-refractivity contribution in [2.24, 2.45) is 11.3 Å². The quantitative estimate of drug-likeness (QED) is 0.431. The number of rotatable bonds is 3. The third-order valence-corrected chi connectivity index (χ3v) is 9.15. The molecule has 0 radical (unpaired) electrons. The molecule has 0 saturated carbocycles. The van der Waals surface area contributed by atoms with Crippen molar-refractivity contribution in [3.05, 3.63) is 47.7 Å². The van der Waals surface area contributed by atoms with E-state index >= 15 is 0 Å². The van der Waals surface area contributed by atoms with Gasteiger partial charge in [-0.25, -0.2) is 10.4 Å². The van der Waals surface area contributed by atoms with E-state index in [0.29, 0.717) is 37.1 Å². The van der Waals surface area contributed by atoms with Crippen molar-refractivity contribution in [1.29, 1.82) is 0 Å². The summed E-state index contributed by atoms with van der Waals surface area (Å²) in [5.74, 6) is -2.55. The molecule has 12 heteroatoms. The molecule has 252 valence electrons. The lowest BCUT2D eigenvalue weighted by molar-refractivity contribution is -0.157. The highest BCUT2D eigenvalue weighted by Gasteiger charge is 2.38. The number of hydrogen-bond acceptors (Lipinski definition) is 8. The topological polar surface area (TPSA) is 150 Å². The summed E-state index contributed by atoms with van der Waals surface area (Å²) in [7, 11) is 0. The first kappa shape index (κ1) is 34.0. The third kappa shape index (κ3) is 7.98. The Kier molecular flexibility index (Phi) is 10.3. The number of cyclic esters (lactones) is 1. The van der Waals surface area contributed by atoms with Gasteiger partial charge in [-0.15, -0.1) is 0 Å². The van der Waals surface area contributed by atoms with Gasteiger partial charge in [-0.2, -0.15) is 0 Å². The van der Waals surface area contributed by atoms with Gasteiger partial charge in [-0.1, -0.05) is 44.2 Å². The number of benzene rings is 1. The van der Waals surface area contributed by atoms with Gasteiger partial charge in [0.15, 0.2) is 0 Å². The fourth-order valence-electron chi connectivity index (χ4n) is 6.07. The van der Waals surface area contributed by atoms with E-state index in [2.05, 4.69) is 16.1 Å². The van der Waals surface area contributed by atoms with Gasteiger partial charge in [0.25, 0.3) is 5.91 Å². The Balaban J connectivity index is 1.50. The minimum Gasteiger partial charge on any atom is -0.455 e. The number of esters is 1. The fraction of sp³-hybridized carbons (Fsp3) is 0.543. The van der Waals surface area contributed by atoms with Gasteiger partial charge < -0.3 is 20.3 Å². The Hall–Kier alpha value is -4.32. The molecular weight excluding hydrogens is 600 g/mol. The van der Waals surface area contributed by atoms with E-state index < -0.39 is 47.4 Å². The SMILES string of the molecule is CC(C)[C@@H]1NC(=O)C(C)(C)/C=C/c2ccc3ccc(nc3c2)[C@@H](C)OC(=O)[C@@H]2CCCN(N2)C(=O)[C@H](CC(=O)N2CCCC2)NC1=O. The first-order chi connectivity index (χ1) is 22.3. The van der Waals surface area contributed by atoms with Crippen molar-refractivity contribution in [1.82, 2.24) is 31.0 Å². The van der Waals surface area contributed by atoms with Gasteiger partial charge in [0, 0.05) is 25.0 Å². The van der Waals surface area contributed by atoms with E-state index in [-0.39, 0.29) is 30.7 Å². The molecule has 5 bridgehead atoms. The highest BCUT2D eigenvalue weighted by Crippen LogP contribution is 2.25. The van der Waals surface area contributed by atoms with E-state index in [1.807, 2.05) is 36.4 Å². The van der Waals surface area contributed by atoms with E-state index in [0.717, 1.165) is 23.8 Å². The van der Waals surface area contributed by atoms with Crippen molar-refractivity contribution in [3.8, 4) is 0 Å². The Morgan fingerprint density at radius 1 is 1.02 bits per heavy atom. The van der Waals surface area contributed by atoms with Gasteiger partial charge in [0.1, 0.15) is 24.2 Å². The fourth-order valence-corrected chi connectivity index (χ4v) is 6.07. The van der Waals surface area contributed by atoms with Crippen LogP contribution in [0.2, 0.25) is 0 Å². The van der Waals surface area contributed by atoms with Crippen LogP contribution in [0, 0.1) is 11.3 Å². The molecule has 3 aliphatic heterocycles. The molecule has 1 aromatic heterocycles. The highest BCUT2D eigenvalue weighted by atomic mass is 16.5. The normalized spacial score (nSPS) is 26.6. The maximum absolute atomic E-state index is 14.0. The molecule has 0 unspecified atom stereocenters. The minimum absolute atomic E-state index is 0.238. The van der Waals surface area contributed by atoms with Crippen LogP contribution in [0.25, 0.3) is 17.0 Å². The van der Waals surface area contributed by atoms with Gasteiger partial charge in [0.05, 0.1) is 23.0 Å². The van der Waals surface area contributed by atoms with Gasteiger partial charge >= 0.3 is 5.97 Å². The first-order valence-corrected chi connectivity index (χ1v) is 16.6. The molecule has 4 atom stereocenters. The average Bonchev–Trinajstić information content (AvgIpc) is 3.60. The molecule has 0 spiro atoms. The highest BCUT2D eigenvalue weighted by molar-refractivity contribution is 5.96. The van der Waals surface area contributed by atoms with Crippen molar-refractivity contribution < 1.29 is 28.7 Å². The second kappa shape index (κ2) is 14.2. The van der Waals surface area contributed by atoms with Crippen LogP contribution in [0.3, 0.4) is 0 Å². The number of carbonyl (C=O) groups is 5. The summed E-state index contributed by atoms with van der Waals surface area (Å²) in [6.45, 7) is 10.4. The average molecular weight is 647 g/mol. The number of likely N-dealkylation sites (tertiary alicyclic amines) is 1. The van der Waals surface area contributed by atoms with E-state index in [9.17, 15) is 24.0 Å². The van der Waals surface area contributed by atoms with E-state index in [1.54, 1.807) is 45.6 Å². The number of ether oxygens (including phenoxy) is 1. The van der Waals surface area contributed by atoms with Crippen LogP contribution in [-0.2, 0) is 28.7 Å².